The van der Waals surface area contributed by atoms with Gasteiger partial charge >= 0.3 is 0 Å². The predicted octanol–water partition coefficient (Wildman–Crippen LogP) is 3.52. The van der Waals surface area contributed by atoms with Crippen molar-refractivity contribution >= 4 is 27.5 Å². The smallest absolute Gasteiger partial charge is 0.234 e. The molecule has 1 amide bonds. The van der Waals surface area contributed by atoms with E-state index >= 15 is 0 Å². The molecule has 3 aromatic rings. The molecule has 0 saturated carbocycles. The summed E-state index contributed by atoms with van der Waals surface area (Å²) < 4.78 is 12.0. The number of fused-ring (bicyclic) bond motifs is 2. The van der Waals surface area contributed by atoms with Gasteiger partial charge in [0.25, 0.3) is 0 Å². The Hall–Kier alpha value is -2.64. The number of aromatic nitrogens is 1. The van der Waals surface area contributed by atoms with Crippen LogP contribution in [0.2, 0.25) is 0 Å². The zero-order valence-electron chi connectivity index (χ0n) is 16.1. The summed E-state index contributed by atoms with van der Waals surface area (Å²) in [7, 11) is 0. The van der Waals surface area contributed by atoms with Gasteiger partial charge in [0.1, 0.15) is 0 Å². The number of para-hydroxylation sites is 1. The molecule has 2 aliphatic heterocycles. The minimum atomic E-state index is 0.0487. The largest absolute Gasteiger partial charge is 0.454 e. The molecule has 3 heterocycles. The van der Waals surface area contributed by atoms with Gasteiger partial charge in [-0.2, -0.15) is 0 Å². The van der Waals surface area contributed by atoms with Crippen LogP contribution >= 0.6 is 11.3 Å². The highest BCUT2D eigenvalue weighted by molar-refractivity contribution is 7.18. The van der Waals surface area contributed by atoms with Crippen molar-refractivity contribution in [2.45, 2.75) is 25.3 Å². The van der Waals surface area contributed by atoms with Crippen molar-refractivity contribution in [2.75, 3.05) is 26.4 Å². The number of ether oxygens (including phenoxy) is 2. The summed E-state index contributed by atoms with van der Waals surface area (Å²) >= 11 is 1.78. The molecule has 2 aliphatic rings. The summed E-state index contributed by atoms with van der Waals surface area (Å²) in [4.78, 5) is 19.5. The number of likely N-dealkylation sites (tertiary alicyclic amines) is 1. The van der Waals surface area contributed by atoms with Crippen LogP contribution in [-0.4, -0.2) is 42.2 Å². The number of benzene rings is 2. The average molecular weight is 410 g/mol. The summed E-state index contributed by atoms with van der Waals surface area (Å²) in [5, 5.41) is 4.21. The Balaban J connectivity index is 1.16. The minimum absolute atomic E-state index is 0.0487. The van der Waals surface area contributed by atoms with Crippen LogP contribution in [0.1, 0.15) is 29.3 Å². The van der Waals surface area contributed by atoms with Crippen molar-refractivity contribution < 1.29 is 14.3 Å². The molecule has 0 aliphatic carbocycles. The van der Waals surface area contributed by atoms with Gasteiger partial charge in [0.05, 0.1) is 21.8 Å². The Morgan fingerprint density at radius 2 is 2.10 bits per heavy atom. The molecule has 7 heteroatoms. The summed E-state index contributed by atoms with van der Waals surface area (Å²) in [6.07, 6.45) is 2.23. The second kappa shape index (κ2) is 8.00. The first-order chi connectivity index (χ1) is 14.2. The molecular weight excluding hydrogens is 386 g/mol. The van der Waals surface area contributed by atoms with Gasteiger partial charge in [-0.05, 0) is 49.2 Å². The number of piperidine rings is 1. The van der Waals surface area contributed by atoms with E-state index in [0.717, 1.165) is 48.5 Å². The van der Waals surface area contributed by atoms with E-state index in [0.29, 0.717) is 19.0 Å². The van der Waals surface area contributed by atoms with Gasteiger partial charge in [-0.25, -0.2) is 4.98 Å². The standard InChI is InChI=1S/C22H23N3O3S/c26-21(23-11-15-7-8-18-19(10-15)28-14-27-18)13-25-9-3-4-16(12-25)22-24-17-5-1-2-6-20(17)29-22/h1-2,5-8,10,16H,3-4,9,11-14H2,(H,23,26)/t16-/m1/s1. The third-order valence-corrected chi connectivity index (χ3v) is 6.66. The first-order valence-electron chi connectivity index (χ1n) is 9.98. The van der Waals surface area contributed by atoms with Crippen molar-refractivity contribution in [3.63, 3.8) is 0 Å². The molecule has 1 atom stereocenters. The van der Waals surface area contributed by atoms with Crippen LogP contribution in [0.4, 0.5) is 0 Å². The lowest BCUT2D eigenvalue weighted by atomic mass is 9.99. The van der Waals surface area contributed by atoms with Crippen LogP contribution < -0.4 is 14.8 Å². The van der Waals surface area contributed by atoms with E-state index in [9.17, 15) is 4.79 Å². The Morgan fingerprint density at radius 1 is 1.21 bits per heavy atom. The number of carbonyl (C=O) groups is 1. The van der Waals surface area contributed by atoms with E-state index in [4.69, 9.17) is 14.5 Å². The number of amides is 1. The first-order valence-corrected chi connectivity index (χ1v) is 10.8. The van der Waals surface area contributed by atoms with Crippen molar-refractivity contribution in [1.82, 2.24) is 15.2 Å². The van der Waals surface area contributed by atoms with Crippen molar-refractivity contribution in [3.8, 4) is 11.5 Å². The number of thiazole rings is 1. The van der Waals surface area contributed by atoms with E-state index in [1.807, 2.05) is 24.3 Å². The first kappa shape index (κ1) is 18.4. The second-order valence-electron chi connectivity index (χ2n) is 7.56. The number of nitrogens with zero attached hydrogens (tertiary/aromatic N) is 2. The summed E-state index contributed by atoms with van der Waals surface area (Å²) in [6.45, 7) is 3.02. The summed E-state index contributed by atoms with van der Waals surface area (Å²) in [5.74, 6) is 1.95. The molecule has 1 saturated heterocycles. The summed E-state index contributed by atoms with van der Waals surface area (Å²) in [5.41, 5.74) is 2.08. The van der Waals surface area contributed by atoms with E-state index < -0.39 is 0 Å². The van der Waals surface area contributed by atoms with E-state index in [1.54, 1.807) is 11.3 Å². The highest BCUT2D eigenvalue weighted by Crippen LogP contribution is 2.33. The second-order valence-corrected chi connectivity index (χ2v) is 8.62. The normalized spacial score (nSPS) is 18.8. The van der Waals surface area contributed by atoms with E-state index in [2.05, 4.69) is 28.4 Å². The van der Waals surface area contributed by atoms with Crippen LogP contribution in [0.15, 0.2) is 42.5 Å². The minimum Gasteiger partial charge on any atom is -0.454 e. The van der Waals surface area contributed by atoms with Crippen LogP contribution in [-0.2, 0) is 11.3 Å². The molecule has 1 N–H and O–H groups in total. The SMILES string of the molecule is O=C(CN1CCC[C@@H](c2nc3ccccc3s2)C1)NCc1ccc2c(c1)OCO2. The molecule has 29 heavy (non-hydrogen) atoms. The van der Waals surface area contributed by atoms with E-state index in [1.165, 1.54) is 9.71 Å². The molecule has 6 nitrogen and oxygen atoms in total. The fourth-order valence-corrected chi connectivity index (χ4v) is 5.07. The van der Waals surface area contributed by atoms with Gasteiger partial charge in [0.15, 0.2) is 11.5 Å². The Morgan fingerprint density at radius 3 is 3.03 bits per heavy atom. The van der Waals surface area contributed by atoms with Crippen LogP contribution in [0.5, 0.6) is 11.5 Å². The molecule has 2 aromatic carbocycles. The lowest BCUT2D eigenvalue weighted by Crippen LogP contribution is -2.41. The highest BCUT2D eigenvalue weighted by atomic mass is 32.1. The number of nitrogens with one attached hydrogen (secondary N) is 1. The molecule has 0 bridgehead atoms. The fraction of sp³-hybridized carbons (Fsp3) is 0.364. The quantitative estimate of drug-likeness (QED) is 0.699. The fourth-order valence-electron chi connectivity index (χ4n) is 3.98. The average Bonchev–Trinajstić information content (AvgIpc) is 3.39. The van der Waals surface area contributed by atoms with Crippen molar-refractivity contribution in [3.05, 3.63) is 53.0 Å². The summed E-state index contributed by atoms with van der Waals surface area (Å²) in [6, 6.07) is 14.0. The maximum Gasteiger partial charge on any atom is 0.234 e. The van der Waals surface area contributed by atoms with E-state index in [-0.39, 0.29) is 12.7 Å². The predicted molar refractivity (Wildman–Crippen MR) is 112 cm³/mol. The van der Waals surface area contributed by atoms with Gasteiger partial charge in [-0.1, -0.05) is 18.2 Å². The van der Waals surface area contributed by atoms with Crippen molar-refractivity contribution in [1.29, 1.82) is 0 Å². The maximum absolute atomic E-state index is 12.5. The molecular formula is C22H23N3O3S. The Bertz CT molecular complexity index is 1000. The zero-order valence-corrected chi connectivity index (χ0v) is 16.9. The molecule has 0 radical (unpaired) electrons. The molecule has 1 fully saturated rings. The molecule has 150 valence electrons. The monoisotopic (exact) mass is 409 g/mol. The van der Waals surface area contributed by atoms with Crippen molar-refractivity contribution in [2.24, 2.45) is 0 Å². The zero-order chi connectivity index (χ0) is 19.6. The number of rotatable bonds is 5. The third kappa shape index (κ3) is 4.06. The van der Waals surface area contributed by atoms with Gasteiger partial charge < -0.3 is 14.8 Å². The molecule has 1 aromatic heterocycles. The van der Waals surface area contributed by atoms with Crippen LogP contribution in [0, 0.1) is 0 Å². The number of carbonyl (C=O) groups excluding carboxylic acids is 1. The number of hydrogen-bond acceptors (Lipinski definition) is 6. The molecule has 0 unspecified atom stereocenters. The maximum atomic E-state index is 12.5. The Labute approximate surface area is 173 Å². The van der Waals surface area contributed by atoms with Gasteiger partial charge in [-0.15, -0.1) is 11.3 Å². The highest BCUT2D eigenvalue weighted by Gasteiger charge is 2.25. The van der Waals surface area contributed by atoms with Crippen LogP contribution in [0.3, 0.4) is 0 Å². The Kier molecular flexibility index (Phi) is 5.08. The van der Waals surface area contributed by atoms with Gasteiger partial charge in [-0.3, -0.25) is 9.69 Å². The van der Waals surface area contributed by atoms with Gasteiger partial charge in [0.2, 0.25) is 12.7 Å². The molecule has 0 spiro atoms. The lowest BCUT2D eigenvalue weighted by molar-refractivity contribution is -0.122. The lowest BCUT2D eigenvalue weighted by Gasteiger charge is -2.31. The number of hydrogen-bond donors (Lipinski definition) is 1. The van der Waals surface area contributed by atoms with Gasteiger partial charge in [0, 0.05) is 19.0 Å². The van der Waals surface area contributed by atoms with Crippen LogP contribution in [0.25, 0.3) is 10.2 Å². The topological polar surface area (TPSA) is 63.7 Å². The molecule has 5 rings (SSSR count). The third-order valence-electron chi connectivity index (χ3n) is 5.46.